The molecule has 1 heterocycles. The Balaban J connectivity index is 2.12. The molecule has 0 radical (unpaired) electrons. The molecule has 1 aromatic carbocycles. The van der Waals surface area contributed by atoms with Gasteiger partial charge in [-0.15, -0.1) is 0 Å². The third kappa shape index (κ3) is 3.32. The van der Waals surface area contributed by atoms with Crippen LogP contribution in [-0.4, -0.2) is 17.1 Å². The van der Waals surface area contributed by atoms with E-state index in [1.54, 1.807) is 13.1 Å². The van der Waals surface area contributed by atoms with Crippen LogP contribution in [0.25, 0.3) is 0 Å². The monoisotopic (exact) mass is 256 g/mol. The van der Waals surface area contributed by atoms with Crippen LogP contribution >= 0.6 is 0 Å². The molecule has 3 heteroatoms. The number of nitrogens with zero attached hydrogens (tertiary/aromatic N) is 2. The molecule has 1 N–H and O–H groups in total. The Morgan fingerprint density at radius 2 is 1.95 bits per heavy atom. The number of aromatic nitrogens is 1. The van der Waals surface area contributed by atoms with Crippen molar-refractivity contribution in [1.82, 2.24) is 4.98 Å². The van der Waals surface area contributed by atoms with Gasteiger partial charge in [-0.2, -0.15) is 0 Å². The van der Waals surface area contributed by atoms with E-state index in [-0.39, 0.29) is 0 Å². The minimum atomic E-state index is -0.469. The largest absolute Gasteiger partial charge is 0.389 e. The smallest absolute Gasteiger partial charge is 0.128 e. The molecule has 19 heavy (non-hydrogen) atoms. The number of anilines is 1. The zero-order valence-corrected chi connectivity index (χ0v) is 11.7. The lowest BCUT2D eigenvalue weighted by Gasteiger charge is -2.19. The van der Waals surface area contributed by atoms with Crippen molar-refractivity contribution in [3.8, 4) is 0 Å². The third-order valence-electron chi connectivity index (χ3n) is 3.31. The second-order valence-electron chi connectivity index (χ2n) is 4.91. The highest BCUT2D eigenvalue weighted by Crippen LogP contribution is 2.17. The van der Waals surface area contributed by atoms with Crippen molar-refractivity contribution in [2.45, 2.75) is 26.5 Å². The average molecular weight is 256 g/mol. The van der Waals surface area contributed by atoms with Crippen molar-refractivity contribution >= 4 is 5.82 Å². The first-order chi connectivity index (χ1) is 9.08. The van der Waals surface area contributed by atoms with E-state index in [4.69, 9.17) is 0 Å². The Hall–Kier alpha value is -1.87. The van der Waals surface area contributed by atoms with Gasteiger partial charge >= 0.3 is 0 Å². The number of aliphatic hydroxyl groups excluding tert-OH is 1. The zero-order valence-electron chi connectivity index (χ0n) is 11.7. The number of aliphatic hydroxyl groups is 1. The molecule has 1 aromatic heterocycles. The van der Waals surface area contributed by atoms with E-state index in [0.717, 1.165) is 17.9 Å². The van der Waals surface area contributed by atoms with Gasteiger partial charge < -0.3 is 10.0 Å². The first-order valence-corrected chi connectivity index (χ1v) is 6.47. The van der Waals surface area contributed by atoms with E-state index < -0.39 is 6.10 Å². The van der Waals surface area contributed by atoms with Crippen LogP contribution in [0.3, 0.4) is 0 Å². The normalized spacial score (nSPS) is 12.2. The lowest BCUT2D eigenvalue weighted by atomic mass is 10.1. The predicted molar refractivity (Wildman–Crippen MR) is 78.2 cm³/mol. The molecule has 3 nitrogen and oxygen atoms in total. The Kier molecular flexibility index (Phi) is 4.17. The van der Waals surface area contributed by atoms with Gasteiger partial charge in [0.15, 0.2) is 0 Å². The van der Waals surface area contributed by atoms with Gasteiger partial charge in [0, 0.05) is 19.8 Å². The predicted octanol–water partition coefficient (Wildman–Crippen LogP) is 3.08. The topological polar surface area (TPSA) is 36.4 Å². The summed E-state index contributed by atoms with van der Waals surface area (Å²) >= 11 is 0. The van der Waals surface area contributed by atoms with Gasteiger partial charge in [-0.1, -0.05) is 30.3 Å². The van der Waals surface area contributed by atoms with Crippen LogP contribution in [0.4, 0.5) is 5.82 Å². The summed E-state index contributed by atoms with van der Waals surface area (Å²) in [7, 11) is 2.02. The van der Waals surface area contributed by atoms with Crippen LogP contribution in [0.1, 0.15) is 29.7 Å². The molecule has 0 bridgehead atoms. The molecule has 0 fully saturated rings. The lowest BCUT2D eigenvalue weighted by molar-refractivity contribution is 0.199. The maximum Gasteiger partial charge on any atom is 0.128 e. The molecule has 0 saturated carbocycles. The lowest BCUT2D eigenvalue weighted by Crippen LogP contribution is -2.18. The minimum absolute atomic E-state index is 0.469. The summed E-state index contributed by atoms with van der Waals surface area (Å²) in [4.78, 5) is 6.50. The second kappa shape index (κ2) is 5.85. The number of benzene rings is 1. The Labute approximate surface area is 114 Å². The quantitative estimate of drug-likeness (QED) is 0.913. The van der Waals surface area contributed by atoms with Gasteiger partial charge in [0.05, 0.1) is 6.10 Å². The molecule has 0 saturated heterocycles. The summed E-state index contributed by atoms with van der Waals surface area (Å²) in [5.74, 6) is 0.910. The molecule has 1 atom stereocenters. The van der Waals surface area contributed by atoms with Crippen molar-refractivity contribution in [2.24, 2.45) is 0 Å². The van der Waals surface area contributed by atoms with Gasteiger partial charge in [0.25, 0.3) is 0 Å². The second-order valence-corrected chi connectivity index (χ2v) is 4.91. The van der Waals surface area contributed by atoms with Crippen molar-refractivity contribution in [3.63, 3.8) is 0 Å². The van der Waals surface area contributed by atoms with Crippen molar-refractivity contribution < 1.29 is 5.11 Å². The van der Waals surface area contributed by atoms with Crippen molar-refractivity contribution in [2.75, 3.05) is 11.9 Å². The van der Waals surface area contributed by atoms with E-state index in [9.17, 15) is 5.11 Å². The number of hydrogen-bond donors (Lipinski definition) is 1. The van der Waals surface area contributed by atoms with E-state index in [2.05, 4.69) is 41.1 Å². The molecule has 2 rings (SSSR count). The van der Waals surface area contributed by atoms with E-state index in [1.807, 2.05) is 19.2 Å². The molecule has 0 aliphatic carbocycles. The Bertz CT molecular complexity index is 535. The average Bonchev–Trinajstić information content (AvgIpc) is 2.41. The van der Waals surface area contributed by atoms with Crippen LogP contribution in [0.5, 0.6) is 0 Å². The molecule has 1 unspecified atom stereocenters. The summed E-state index contributed by atoms with van der Waals surface area (Å²) < 4.78 is 0. The fraction of sp³-hybridized carbons (Fsp3) is 0.312. The van der Waals surface area contributed by atoms with E-state index in [1.165, 1.54) is 11.1 Å². The first-order valence-electron chi connectivity index (χ1n) is 6.47. The fourth-order valence-electron chi connectivity index (χ4n) is 1.99. The van der Waals surface area contributed by atoms with E-state index >= 15 is 0 Å². The number of pyridine rings is 1. The fourth-order valence-corrected chi connectivity index (χ4v) is 1.99. The molecule has 0 amide bonds. The minimum Gasteiger partial charge on any atom is -0.389 e. The third-order valence-corrected chi connectivity index (χ3v) is 3.31. The standard InChI is InChI=1S/C16H20N2O/c1-12-6-4-5-7-15(12)11-18(3)16-9-8-14(10-17-16)13(2)19/h4-10,13,19H,11H2,1-3H3. The zero-order chi connectivity index (χ0) is 13.8. The van der Waals surface area contributed by atoms with Crippen LogP contribution in [0.15, 0.2) is 42.6 Å². The van der Waals surface area contributed by atoms with Crippen LogP contribution in [0, 0.1) is 6.92 Å². The summed E-state index contributed by atoms with van der Waals surface area (Å²) in [5.41, 5.74) is 3.43. The molecule has 100 valence electrons. The van der Waals surface area contributed by atoms with Gasteiger partial charge in [-0.25, -0.2) is 4.98 Å². The summed E-state index contributed by atoms with van der Waals surface area (Å²) in [6.07, 6.45) is 1.26. The van der Waals surface area contributed by atoms with Gasteiger partial charge in [0.1, 0.15) is 5.82 Å². The number of rotatable bonds is 4. The van der Waals surface area contributed by atoms with Gasteiger partial charge in [-0.05, 0) is 36.6 Å². The Morgan fingerprint density at radius 3 is 2.53 bits per heavy atom. The number of hydrogen-bond acceptors (Lipinski definition) is 3. The van der Waals surface area contributed by atoms with E-state index in [0.29, 0.717) is 0 Å². The number of aryl methyl sites for hydroxylation is 1. The molecule has 0 spiro atoms. The maximum atomic E-state index is 9.47. The maximum absolute atomic E-state index is 9.47. The highest BCUT2D eigenvalue weighted by molar-refractivity contribution is 5.40. The SMILES string of the molecule is Cc1ccccc1CN(C)c1ccc(C(C)O)cn1. The Morgan fingerprint density at radius 1 is 1.21 bits per heavy atom. The van der Waals surface area contributed by atoms with Crippen LogP contribution in [-0.2, 0) is 6.54 Å². The summed E-state index contributed by atoms with van der Waals surface area (Å²) in [6.45, 7) is 4.69. The van der Waals surface area contributed by atoms with Gasteiger partial charge in [0.2, 0.25) is 0 Å². The summed E-state index contributed by atoms with van der Waals surface area (Å²) in [5, 5.41) is 9.47. The highest BCUT2D eigenvalue weighted by atomic mass is 16.3. The molecular weight excluding hydrogens is 236 g/mol. The van der Waals surface area contributed by atoms with Crippen LogP contribution in [0.2, 0.25) is 0 Å². The summed E-state index contributed by atoms with van der Waals surface area (Å²) in [6, 6.07) is 12.2. The van der Waals surface area contributed by atoms with Crippen molar-refractivity contribution in [1.29, 1.82) is 0 Å². The van der Waals surface area contributed by atoms with Crippen LogP contribution < -0.4 is 4.90 Å². The molecule has 0 aliphatic heterocycles. The molecule has 2 aromatic rings. The molecular formula is C16H20N2O. The molecule has 0 aliphatic rings. The highest BCUT2D eigenvalue weighted by Gasteiger charge is 2.06. The van der Waals surface area contributed by atoms with Crippen molar-refractivity contribution in [3.05, 3.63) is 59.3 Å². The first kappa shape index (κ1) is 13.6. The van der Waals surface area contributed by atoms with Gasteiger partial charge in [-0.3, -0.25) is 0 Å².